The quantitative estimate of drug-likeness (QED) is 0.501. The van der Waals surface area contributed by atoms with E-state index in [0.29, 0.717) is 0 Å². The van der Waals surface area contributed by atoms with Crippen molar-refractivity contribution >= 4 is 33.5 Å². The molecule has 104 valence electrons. The fraction of sp³-hybridized carbons (Fsp3) is 0.125. The minimum atomic E-state index is -10.0. The Hall–Kier alpha value is -1.22. The molecular weight excluding hydrogens is 305 g/mol. The van der Waals surface area contributed by atoms with Gasteiger partial charge in [0, 0.05) is 0 Å². The third kappa shape index (κ3) is 2.96. The number of esters is 1. The highest BCUT2D eigenvalue weighted by Crippen LogP contribution is 3.02. The number of hydrogen-bond donors (Lipinski definition) is 1. The molecule has 0 amide bonds. The van der Waals surface area contributed by atoms with Gasteiger partial charge in [0.15, 0.2) is 0 Å². The highest BCUT2D eigenvalue weighted by atomic mass is 35.5. The van der Waals surface area contributed by atoms with Gasteiger partial charge in [-0.3, -0.25) is 0 Å². The molecule has 0 heterocycles. The molecule has 0 bridgehead atoms. The molecule has 1 rings (SSSR count). The largest absolute Gasteiger partial charge is 0.465 e. The lowest BCUT2D eigenvalue weighted by atomic mass is 10.2. The second-order valence-corrected chi connectivity index (χ2v) is 6.09. The number of halogens is 6. The van der Waals surface area contributed by atoms with Gasteiger partial charge in [0.2, 0.25) is 0 Å². The van der Waals surface area contributed by atoms with Crippen LogP contribution < -0.4 is 5.73 Å². The van der Waals surface area contributed by atoms with Gasteiger partial charge < -0.3 is 10.5 Å². The van der Waals surface area contributed by atoms with Gasteiger partial charge in [-0.15, -0.1) is 0 Å². The van der Waals surface area contributed by atoms with Crippen molar-refractivity contribution in [1.29, 1.82) is 0 Å². The van der Waals surface area contributed by atoms with E-state index < -0.39 is 37.4 Å². The zero-order valence-electron chi connectivity index (χ0n) is 8.72. The van der Waals surface area contributed by atoms with E-state index in [9.17, 15) is 24.2 Å². The van der Waals surface area contributed by atoms with Gasteiger partial charge in [0.1, 0.15) is 4.90 Å². The fourth-order valence-electron chi connectivity index (χ4n) is 1.14. The highest BCUT2D eigenvalue weighted by molar-refractivity contribution is 8.45. The van der Waals surface area contributed by atoms with Crippen molar-refractivity contribution in [3.8, 4) is 0 Å². The molecule has 0 radical (unpaired) electrons. The van der Waals surface area contributed by atoms with E-state index in [2.05, 4.69) is 4.74 Å². The number of carbonyl (C=O) groups is 1. The van der Waals surface area contributed by atoms with Crippen LogP contribution in [0.5, 0.6) is 0 Å². The second kappa shape index (κ2) is 3.41. The smallest absolute Gasteiger partial charge is 0.337 e. The first-order chi connectivity index (χ1) is 7.76. The van der Waals surface area contributed by atoms with Crippen LogP contribution in [0.1, 0.15) is 10.4 Å². The molecule has 3 nitrogen and oxygen atoms in total. The number of methoxy groups -OCH3 is 1. The molecule has 0 spiro atoms. The van der Waals surface area contributed by atoms with E-state index >= 15 is 0 Å². The zero-order valence-corrected chi connectivity index (χ0v) is 10.3. The summed E-state index contributed by atoms with van der Waals surface area (Å²) in [4.78, 5) is 8.64. The third-order valence-electron chi connectivity index (χ3n) is 1.90. The summed E-state index contributed by atoms with van der Waals surface area (Å²) in [5, 5.41) is -1.35. The lowest BCUT2D eigenvalue weighted by Crippen LogP contribution is -2.11. The molecule has 0 aromatic heterocycles. The predicted molar refractivity (Wildman–Crippen MR) is 58.6 cm³/mol. The Balaban J connectivity index is 3.67. The summed E-state index contributed by atoms with van der Waals surface area (Å²) in [5.41, 5.74) is 3.52. The third-order valence-corrected chi connectivity index (χ3v) is 3.59. The average Bonchev–Trinajstić information content (AvgIpc) is 2.16. The molecule has 2 N–H and O–H groups in total. The minimum Gasteiger partial charge on any atom is -0.465 e. The van der Waals surface area contributed by atoms with Crippen LogP contribution >= 0.6 is 21.8 Å². The Kier molecular flexibility index (Phi) is 2.81. The van der Waals surface area contributed by atoms with Crippen LogP contribution in [0.3, 0.4) is 0 Å². The summed E-state index contributed by atoms with van der Waals surface area (Å²) >= 11 is 5.13. The molecule has 0 aliphatic rings. The summed E-state index contributed by atoms with van der Waals surface area (Å²) in [6, 6.07) is 0.646. The van der Waals surface area contributed by atoms with Gasteiger partial charge in [0.25, 0.3) is 0 Å². The van der Waals surface area contributed by atoms with Crippen LogP contribution in [0.4, 0.5) is 25.1 Å². The van der Waals surface area contributed by atoms with E-state index in [1.807, 2.05) is 0 Å². The fourth-order valence-corrected chi connectivity index (χ4v) is 2.49. The van der Waals surface area contributed by atoms with Gasteiger partial charge in [-0.05, 0) is 12.1 Å². The second-order valence-electron chi connectivity index (χ2n) is 3.34. The maximum Gasteiger partial charge on any atom is 0.337 e. The Labute approximate surface area is 103 Å². The number of anilines is 1. The Bertz CT molecular complexity index is 530. The van der Waals surface area contributed by atoms with E-state index in [1.54, 1.807) is 0 Å². The van der Waals surface area contributed by atoms with Gasteiger partial charge >= 0.3 is 16.2 Å². The van der Waals surface area contributed by atoms with Crippen molar-refractivity contribution in [3.63, 3.8) is 0 Å². The lowest BCUT2D eigenvalue weighted by Gasteiger charge is -2.41. The van der Waals surface area contributed by atoms with Gasteiger partial charge in [-0.2, -0.15) is 0 Å². The normalized spacial score (nSPS) is 15.7. The molecule has 0 atom stereocenters. The number of benzene rings is 1. The van der Waals surface area contributed by atoms with Crippen LogP contribution in [-0.4, -0.2) is 13.1 Å². The number of nitrogens with two attached hydrogens (primary N) is 1. The summed E-state index contributed by atoms with van der Waals surface area (Å²) in [6.07, 6.45) is 0. The van der Waals surface area contributed by atoms with Crippen LogP contribution in [0.2, 0.25) is 5.02 Å². The van der Waals surface area contributed by atoms with Gasteiger partial charge in [0.05, 0.1) is 23.4 Å². The van der Waals surface area contributed by atoms with Crippen LogP contribution in [0, 0.1) is 0 Å². The Morgan fingerprint density at radius 2 is 1.78 bits per heavy atom. The first-order valence-electron chi connectivity index (χ1n) is 4.17. The molecule has 0 saturated heterocycles. The van der Waals surface area contributed by atoms with Crippen molar-refractivity contribution < 1.29 is 29.0 Å². The summed E-state index contributed by atoms with van der Waals surface area (Å²) in [7, 11) is -9.15. The number of nitrogen functional groups attached to an aromatic ring is 1. The maximum atomic E-state index is 12.6. The SMILES string of the molecule is COC(=O)c1cc(N)c(Cl)c(S(F)(F)(F)(F)F)c1. The van der Waals surface area contributed by atoms with E-state index in [4.69, 9.17) is 17.3 Å². The Morgan fingerprint density at radius 1 is 1.28 bits per heavy atom. The van der Waals surface area contributed by atoms with Gasteiger partial charge in [-0.25, -0.2) is 4.79 Å². The van der Waals surface area contributed by atoms with E-state index in [0.717, 1.165) is 13.2 Å². The number of rotatable bonds is 2. The monoisotopic (exact) mass is 311 g/mol. The zero-order chi connectivity index (χ0) is 14.4. The number of ether oxygens (including phenoxy) is 1. The molecule has 10 heteroatoms. The first kappa shape index (κ1) is 14.8. The van der Waals surface area contributed by atoms with Crippen molar-refractivity contribution in [3.05, 3.63) is 22.7 Å². The number of carbonyl (C=O) groups excluding carboxylic acids is 1. The predicted octanol–water partition coefficient (Wildman–Crippen LogP) is 4.37. The van der Waals surface area contributed by atoms with E-state index in [1.165, 1.54) is 0 Å². The molecular formula is C8H7ClF5NO2S. The first-order valence-corrected chi connectivity index (χ1v) is 6.50. The lowest BCUT2D eigenvalue weighted by molar-refractivity contribution is 0.0600. The molecule has 1 aromatic carbocycles. The highest BCUT2D eigenvalue weighted by Gasteiger charge is 2.67. The van der Waals surface area contributed by atoms with Crippen molar-refractivity contribution in [1.82, 2.24) is 0 Å². The molecule has 0 unspecified atom stereocenters. The molecule has 1 aromatic rings. The maximum absolute atomic E-state index is 12.6. The molecule has 0 aliphatic carbocycles. The van der Waals surface area contributed by atoms with Crippen molar-refractivity contribution in [2.75, 3.05) is 12.8 Å². The molecule has 18 heavy (non-hydrogen) atoms. The molecule has 0 fully saturated rings. The number of hydrogen-bond acceptors (Lipinski definition) is 3. The molecule has 0 aliphatic heterocycles. The summed E-state index contributed by atoms with van der Waals surface area (Å²) < 4.78 is 67.3. The Morgan fingerprint density at radius 3 is 2.17 bits per heavy atom. The van der Waals surface area contributed by atoms with Crippen LogP contribution in [-0.2, 0) is 4.74 Å². The van der Waals surface area contributed by atoms with Crippen LogP contribution in [0.15, 0.2) is 17.0 Å². The topological polar surface area (TPSA) is 52.3 Å². The van der Waals surface area contributed by atoms with E-state index in [-0.39, 0.29) is 6.07 Å². The van der Waals surface area contributed by atoms with Crippen molar-refractivity contribution in [2.45, 2.75) is 4.90 Å². The minimum absolute atomic E-state index is 0.0773. The van der Waals surface area contributed by atoms with Gasteiger partial charge in [-0.1, -0.05) is 31.0 Å². The summed E-state index contributed by atoms with van der Waals surface area (Å²) in [5.74, 6) is -1.23. The standard InChI is InChI=1S/C8H7ClF5NO2S/c1-17-8(16)4-2-5(15)7(9)6(3-4)18(10,11,12,13)14/h2-3H,15H2,1H3. The molecule has 0 saturated carbocycles. The average molecular weight is 312 g/mol. The van der Waals surface area contributed by atoms with Crippen LogP contribution in [0.25, 0.3) is 0 Å². The van der Waals surface area contributed by atoms with Crippen molar-refractivity contribution in [2.24, 2.45) is 0 Å². The summed E-state index contributed by atoms with van der Waals surface area (Å²) in [6.45, 7) is 0.